The number of hydrogen-bond acceptors (Lipinski definition) is 7. The summed E-state index contributed by atoms with van der Waals surface area (Å²) < 4.78 is 17.9. The number of ether oxygens (including phenoxy) is 3. The van der Waals surface area contributed by atoms with E-state index in [0.29, 0.717) is 34.0 Å². The highest BCUT2D eigenvalue weighted by atomic mass is 16.7. The summed E-state index contributed by atoms with van der Waals surface area (Å²) in [5, 5.41) is 11.4. The van der Waals surface area contributed by atoms with Gasteiger partial charge in [-0.2, -0.15) is 0 Å². The predicted octanol–water partition coefficient (Wildman–Crippen LogP) is 4.58. The third-order valence-corrected chi connectivity index (χ3v) is 6.83. The minimum Gasteiger partial charge on any atom is -0.497 e. The fourth-order valence-corrected chi connectivity index (χ4v) is 4.83. The molecule has 1 N–H and O–H groups in total. The van der Waals surface area contributed by atoms with Gasteiger partial charge < -0.3 is 24.4 Å². The molecule has 0 fully saturated rings. The number of carbonyl (C=O) groups is 2. The highest BCUT2D eigenvalue weighted by molar-refractivity contribution is 5.98. The van der Waals surface area contributed by atoms with Crippen molar-refractivity contribution in [3.8, 4) is 17.2 Å². The lowest BCUT2D eigenvalue weighted by Crippen LogP contribution is -2.42. The van der Waals surface area contributed by atoms with Crippen LogP contribution < -0.4 is 19.5 Å². The molecular formula is C31H27N5O5. The molecule has 2 heterocycles. The number of methoxy groups -OCH3 is 1. The van der Waals surface area contributed by atoms with Crippen LogP contribution >= 0.6 is 0 Å². The molecule has 0 radical (unpaired) electrons. The molecule has 10 heteroatoms. The van der Waals surface area contributed by atoms with Gasteiger partial charge >= 0.3 is 0 Å². The van der Waals surface area contributed by atoms with Gasteiger partial charge in [0.05, 0.1) is 12.6 Å². The number of para-hydroxylation sites is 1. The summed E-state index contributed by atoms with van der Waals surface area (Å²) in [6.07, 6.45) is 0. The van der Waals surface area contributed by atoms with Gasteiger partial charge in [-0.3, -0.25) is 9.59 Å². The van der Waals surface area contributed by atoms with Crippen LogP contribution in [0.4, 0.5) is 5.69 Å². The van der Waals surface area contributed by atoms with E-state index in [1.54, 1.807) is 53.1 Å². The molecule has 6 rings (SSSR count). The number of carbonyl (C=O) groups excluding carboxylic acids is 2. The van der Waals surface area contributed by atoms with E-state index in [1.165, 1.54) is 0 Å². The predicted molar refractivity (Wildman–Crippen MR) is 151 cm³/mol. The Morgan fingerprint density at radius 3 is 2.61 bits per heavy atom. The highest BCUT2D eigenvalue weighted by Gasteiger charge is 2.33. The third kappa shape index (κ3) is 5.53. The van der Waals surface area contributed by atoms with E-state index >= 15 is 0 Å². The van der Waals surface area contributed by atoms with Crippen LogP contribution in [0, 0.1) is 0 Å². The second-order valence-electron chi connectivity index (χ2n) is 9.48. The van der Waals surface area contributed by atoms with Crippen molar-refractivity contribution in [1.29, 1.82) is 0 Å². The Balaban J connectivity index is 1.39. The number of nitrogens with zero attached hydrogens (tertiary/aromatic N) is 4. The first kappa shape index (κ1) is 25.9. The smallest absolute Gasteiger partial charge is 0.251 e. The van der Waals surface area contributed by atoms with E-state index in [2.05, 4.69) is 15.6 Å². The zero-order valence-electron chi connectivity index (χ0n) is 22.3. The topological polar surface area (TPSA) is 108 Å². The first-order valence-corrected chi connectivity index (χ1v) is 13.0. The molecule has 0 bridgehead atoms. The van der Waals surface area contributed by atoms with Crippen molar-refractivity contribution >= 4 is 28.5 Å². The Hall–Kier alpha value is -5.38. The lowest BCUT2D eigenvalue weighted by atomic mass is 10.0. The average Bonchev–Trinajstić information content (AvgIpc) is 3.64. The zero-order chi connectivity index (χ0) is 28.2. The number of anilines is 1. The molecule has 0 aliphatic carbocycles. The van der Waals surface area contributed by atoms with Crippen LogP contribution in [0.1, 0.15) is 17.2 Å². The SMILES string of the molecule is COc1cccc(C(C(=O)Nc2ccc3c(c2)OCO3)N(Cc2ccccc2)C(=O)Cn2nnc3ccccc32)c1. The highest BCUT2D eigenvalue weighted by Crippen LogP contribution is 2.35. The first-order chi connectivity index (χ1) is 20.1. The molecule has 0 saturated heterocycles. The van der Waals surface area contributed by atoms with Gasteiger partial charge in [-0.05, 0) is 47.5 Å². The minimum absolute atomic E-state index is 0.106. The quantitative estimate of drug-likeness (QED) is 0.287. The van der Waals surface area contributed by atoms with E-state index in [-0.39, 0.29) is 25.8 Å². The first-order valence-electron chi connectivity index (χ1n) is 13.0. The molecule has 1 atom stereocenters. The summed E-state index contributed by atoms with van der Waals surface area (Å²) in [6, 6.07) is 28.3. The molecule has 2 amide bonds. The van der Waals surface area contributed by atoms with Crippen molar-refractivity contribution in [2.75, 3.05) is 19.2 Å². The summed E-state index contributed by atoms with van der Waals surface area (Å²) >= 11 is 0. The van der Waals surface area contributed by atoms with Gasteiger partial charge in [-0.25, -0.2) is 4.68 Å². The maximum atomic E-state index is 14.1. The Bertz CT molecular complexity index is 1700. The number of amides is 2. The van der Waals surface area contributed by atoms with Crippen molar-refractivity contribution in [1.82, 2.24) is 19.9 Å². The minimum atomic E-state index is -1.00. The van der Waals surface area contributed by atoms with E-state index in [9.17, 15) is 9.59 Å². The monoisotopic (exact) mass is 549 g/mol. The van der Waals surface area contributed by atoms with E-state index in [4.69, 9.17) is 14.2 Å². The molecule has 41 heavy (non-hydrogen) atoms. The van der Waals surface area contributed by atoms with Crippen LogP contribution in [0.3, 0.4) is 0 Å². The number of aromatic nitrogens is 3. The van der Waals surface area contributed by atoms with Gasteiger partial charge in [-0.1, -0.05) is 59.8 Å². The van der Waals surface area contributed by atoms with Gasteiger partial charge in [0.15, 0.2) is 11.5 Å². The second-order valence-corrected chi connectivity index (χ2v) is 9.48. The molecule has 4 aromatic carbocycles. The fraction of sp³-hybridized carbons (Fsp3) is 0.161. The van der Waals surface area contributed by atoms with E-state index in [0.717, 1.165) is 11.1 Å². The molecule has 1 unspecified atom stereocenters. The Kier molecular flexibility index (Phi) is 7.19. The standard InChI is InChI=1S/C31H27N5O5/c1-39-24-11-7-10-22(16-24)30(31(38)32-23-14-15-27-28(17-23)41-20-40-27)35(18-21-8-3-2-4-9-21)29(37)19-36-26-13-6-5-12-25(26)33-34-36/h2-17,30H,18-20H2,1H3,(H,32,38). The summed E-state index contributed by atoms with van der Waals surface area (Å²) in [7, 11) is 1.56. The fourth-order valence-electron chi connectivity index (χ4n) is 4.83. The van der Waals surface area contributed by atoms with Crippen LogP contribution in [0.25, 0.3) is 11.0 Å². The van der Waals surface area contributed by atoms with Crippen molar-refractivity contribution in [3.63, 3.8) is 0 Å². The molecular weight excluding hydrogens is 522 g/mol. The van der Waals surface area contributed by atoms with Crippen molar-refractivity contribution in [2.24, 2.45) is 0 Å². The maximum Gasteiger partial charge on any atom is 0.251 e. The Morgan fingerprint density at radius 1 is 0.951 bits per heavy atom. The molecule has 1 aliphatic heterocycles. The molecule has 5 aromatic rings. The van der Waals surface area contributed by atoms with Gasteiger partial charge in [0.2, 0.25) is 12.7 Å². The van der Waals surface area contributed by atoms with E-state index < -0.39 is 11.9 Å². The normalized spacial score (nSPS) is 12.6. The molecule has 1 aromatic heterocycles. The number of rotatable bonds is 9. The lowest BCUT2D eigenvalue weighted by molar-refractivity contribution is -0.140. The van der Waals surface area contributed by atoms with Crippen LogP contribution in [-0.2, 0) is 22.7 Å². The van der Waals surface area contributed by atoms with Crippen molar-refractivity contribution < 1.29 is 23.8 Å². The molecule has 206 valence electrons. The summed E-state index contributed by atoms with van der Waals surface area (Å²) in [5.74, 6) is 1.00. The number of hydrogen-bond donors (Lipinski definition) is 1. The second kappa shape index (κ2) is 11.4. The Labute approximate surface area is 236 Å². The summed E-state index contributed by atoms with van der Waals surface area (Å²) in [4.78, 5) is 29.8. The van der Waals surface area contributed by atoms with Gasteiger partial charge in [0.25, 0.3) is 5.91 Å². The molecule has 10 nitrogen and oxygen atoms in total. The van der Waals surface area contributed by atoms with Crippen LogP contribution in [0.15, 0.2) is 97.1 Å². The van der Waals surface area contributed by atoms with Crippen molar-refractivity contribution in [2.45, 2.75) is 19.1 Å². The lowest BCUT2D eigenvalue weighted by Gasteiger charge is -2.32. The van der Waals surface area contributed by atoms with Gasteiger partial charge in [-0.15, -0.1) is 5.10 Å². The Morgan fingerprint density at radius 2 is 1.76 bits per heavy atom. The summed E-state index contributed by atoms with van der Waals surface area (Å²) in [6.45, 7) is 0.198. The summed E-state index contributed by atoms with van der Waals surface area (Å²) in [5.41, 5.74) is 3.38. The van der Waals surface area contributed by atoms with Crippen LogP contribution in [0.2, 0.25) is 0 Å². The molecule has 0 saturated carbocycles. The number of nitrogens with one attached hydrogen (secondary N) is 1. The molecule has 1 aliphatic rings. The van der Waals surface area contributed by atoms with Crippen LogP contribution in [0.5, 0.6) is 17.2 Å². The average molecular weight is 550 g/mol. The van der Waals surface area contributed by atoms with Gasteiger partial charge in [0.1, 0.15) is 23.9 Å². The van der Waals surface area contributed by atoms with Crippen molar-refractivity contribution in [3.05, 3.63) is 108 Å². The molecule has 0 spiro atoms. The largest absolute Gasteiger partial charge is 0.497 e. The van der Waals surface area contributed by atoms with Crippen LogP contribution in [-0.4, -0.2) is 45.6 Å². The van der Waals surface area contributed by atoms with Gasteiger partial charge in [0, 0.05) is 18.3 Å². The number of fused-ring (bicyclic) bond motifs is 2. The third-order valence-electron chi connectivity index (χ3n) is 6.83. The van der Waals surface area contributed by atoms with E-state index in [1.807, 2.05) is 60.7 Å². The number of benzene rings is 4. The zero-order valence-corrected chi connectivity index (χ0v) is 22.3. The maximum absolute atomic E-state index is 14.1.